The lowest BCUT2D eigenvalue weighted by molar-refractivity contribution is -0.0436. The van der Waals surface area contributed by atoms with Gasteiger partial charge in [-0.15, -0.1) is 11.8 Å². The third-order valence-electron chi connectivity index (χ3n) is 14.0. The SMILES string of the molecule is CC1(C)CCC(c2ccc(Cl)cc2)=C(CN2CCN(c3ccc(C(=O)NS(=O)(=O)c4ccc(N[C@H](CCN5C[C@H]6C[C@@H]5CN6C(=O)OC(C)(C)C)CSc5ccccc5)c(S(=O)(=O)C(F)(F)F)c4)cc3)CC2)C1. The number of piperazine rings is 2. The first-order chi connectivity index (χ1) is 34.3. The second-order valence-corrected chi connectivity index (χ2v) is 26.3. The number of nitrogens with zero attached hydrogens (tertiary/aromatic N) is 4. The molecule has 0 spiro atoms. The van der Waals surface area contributed by atoms with E-state index in [0.29, 0.717) is 42.9 Å². The Hall–Kier alpha value is -4.79. The van der Waals surface area contributed by atoms with Crippen molar-refractivity contribution in [3.63, 3.8) is 0 Å². The van der Waals surface area contributed by atoms with Crippen LogP contribution in [0.3, 0.4) is 0 Å². The second-order valence-electron chi connectivity index (χ2n) is 21.2. The number of nitrogens with one attached hydrogen (secondary N) is 2. The van der Waals surface area contributed by atoms with Crippen molar-refractivity contribution in [2.24, 2.45) is 5.41 Å². The monoisotopic (exact) mass is 1080 g/mol. The van der Waals surface area contributed by atoms with E-state index in [1.807, 2.05) is 47.2 Å². The lowest BCUT2D eigenvalue weighted by Gasteiger charge is -2.39. The van der Waals surface area contributed by atoms with Crippen LogP contribution in [-0.4, -0.2) is 131 Å². The van der Waals surface area contributed by atoms with Crippen LogP contribution in [0.15, 0.2) is 117 Å². The number of amides is 2. The number of benzene rings is 4. The molecule has 394 valence electrons. The number of carbonyl (C=O) groups excluding carboxylic acids is 2. The van der Waals surface area contributed by atoms with Crippen molar-refractivity contribution in [3.8, 4) is 0 Å². The number of hydrogen-bond donors (Lipinski definition) is 2. The molecule has 2 N–H and O–H groups in total. The highest BCUT2D eigenvalue weighted by atomic mass is 35.5. The number of halogens is 4. The van der Waals surface area contributed by atoms with Crippen LogP contribution < -0.4 is 14.9 Å². The number of alkyl halides is 3. The quantitative estimate of drug-likeness (QED) is 0.103. The number of likely N-dealkylation sites (tertiary alicyclic amines) is 2. The Morgan fingerprint density at radius 1 is 0.877 bits per heavy atom. The molecule has 13 nitrogen and oxygen atoms in total. The summed E-state index contributed by atoms with van der Waals surface area (Å²) in [4.78, 5) is 33.7. The number of thioether (sulfide) groups is 1. The Morgan fingerprint density at radius 2 is 1.56 bits per heavy atom. The van der Waals surface area contributed by atoms with Gasteiger partial charge in [-0.25, -0.2) is 26.4 Å². The van der Waals surface area contributed by atoms with Crippen LogP contribution in [0.1, 0.15) is 82.6 Å². The highest BCUT2D eigenvalue weighted by molar-refractivity contribution is 7.99. The van der Waals surface area contributed by atoms with E-state index in [4.69, 9.17) is 16.3 Å². The van der Waals surface area contributed by atoms with Gasteiger partial charge in [0.15, 0.2) is 0 Å². The van der Waals surface area contributed by atoms with Gasteiger partial charge in [0, 0.05) is 97.4 Å². The van der Waals surface area contributed by atoms with E-state index in [2.05, 4.69) is 46.0 Å². The number of ether oxygens (including phenoxy) is 1. The molecule has 3 heterocycles. The van der Waals surface area contributed by atoms with Gasteiger partial charge in [0.05, 0.1) is 10.6 Å². The summed E-state index contributed by atoms with van der Waals surface area (Å²) in [5.74, 6) is -0.724. The first-order valence-electron chi connectivity index (χ1n) is 24.6. The summed E-state index contributed by atoms with van der Waals surface area (Å²) in [6.45, 7) is 15.5. The van der Waals surface area contributed by atoms with Crippen LogP contribution in [-0.2, 0) is 24.6 Å². The fourth-order valence-corrected chi connectivity index (χ4v) is 13.4. The maximum atomic E-state index is 14.4. The largest absolute Gasteiger partial charge is 0.501 e. The number of hydrogen-bond acceptors (Lipinski definition) is 12. The minimum Gasteiger partial charge on any atom is -0.444 e. The van der Waals surface area contributed by atoms with Crippen molar-refractivity contribution in [3.05, 3.63) is 119 Å². The standard InChI is InChI=1S/C53H64ClF3N6O7S3/c1-51(2,3)70-50(65)63-34-42-29-43(63)33-62(42)24-22-40(35-71-44-9-7-6-8-10-44)58-47-20-19-45(30-48(47)72(66,67)53(55,56)57)73(68,69)59-49(64)37-13-17-41(18-14-37)61-27-25-60(26-28-61)32-38-31-52(4,5)23-21-46(38)36-11-15-39(54)16-12-36/h6-20,30,40,42-43,58H,21-29,31-35H2,1-5H3,(H,59,64)/t40-,42-,43-/m1/s1. The van der Waals surface area contributed by atoms with Crippen molar-refractivity contribution in [1.82, 2.24) is 19.4 Å². The summed E-state index contributed by atoms with van der Waals surface area (Å²) < 4.78 is 105. The molecule has 3 atom stereocenters. The minimum atomic E-state index is -6.12. The molecule has 73 heavy (non-hydrogen) atoms. The summed E-state index contributed by atoms with van der Waals surface area (Å²) >= 11 is 7.63. The van der Waals surface area contributed by atoms with E-state index < -0.39 is 58.4 Å². The maximum absolute atomic E-state index is 14.4. The number of fused-ring (bicyclic) bond motifs is 2. The van der Waals surface area contributed by atoms with Crippen molar-refractivity contribution in [2.45, 2.75) is 111 Å². The topological polar surface area (TPSA) is 149 Å². The predicted molar refractivity (Wildman–Crippen MR) is 281 cm³/mol. The third-order valence-corrected chi connectivity index (χ3v) is 18.3. The number of rotatable bonds is 16. The van der Waals surface area contributed by atoms with Crippen molar-refractivity contribution in [2.75, 3.05) is 68.3 Å². The number of allylic oxidation sites excluding steroid dienone is 1. The molecule has 4 aliphatic rings. The van der Waals surface area contributed by atoms with E-state index in [9.17, 15) is 39.6 Å². The van der Waals surface area contributed by atoms with Gasteiger partial charge < -0.3 is 19.9 Å². The van der Waals surface area contributed by atoms with Gasteiger partial charge in [-0.1, -0.05) is 61.4 Å². The predicted octanol–water partition coefficient (Wildman–Crippen LogP) is 10.2. The zero-order valence-electron chi connectivity index (χ0n) is 41.8. The second kappa shape index (κ2) is 21.8. The van der Waals surface area contributed by atoms with E-state index in [1.165, 1.54) is 40.6 Å². The molecule has 0 radical (unpaired) electrons. The van der Waals surface area contributed by atoms with Crippen LogP contribution in [0.4, 0.5) is 29.3 Å². The highest BCUT2D eigenvalue weighted by Crippen LogP contribution is 2.43. The van der Waals surface area contributed by atoms with Gasteiger partial charge >= 0.3 is 11.6 Å². The van der Waals surface area contributed by atoms with Gasteiger partial charge in [0.25, 0.3) is 25.8 Å². The number of carbonyl (C=O) groups is 2. The van der Waals surface area contributed by atoms with Gasteiger partial charge in [-0.05, 0) is 136 Å². The van der Waals surface area contributed by atoms with Gasteiger partial charge in [0.2, 0.25) is 0 Å². The zero-order chi connectivity index (χ0) is 52.5. The van der Waals surface area contributed by atoms with Crippen LogP contribution >= 0.6 is 23.4 Å². The minimum absolute atomic E-state index is 0.0171. The van der Waals surface area contributed by atoms with Gasteiger partial charge in [-0.3, -0.25) is 14.6 Å². The van der Waals surface area contributed by atoms with E-state index in [0.717, 1.165) is 81.1 Å². The van der Waals surface area contributed by atoms with Crippen molar-refractivity contribution < 1.29 is 44.3 Å². The molecule has 3 saturated heterocycles. The van der Waals surface area contributed by atoms with Crippen LogP contribution in [0.5, 0.6) is 0 Å². The molecule has 0 aromatic heterocycles. The van der Waals surface area contributed by atoms with Crippen LogP contribution in [0, 0.1) is 5.41 Å². The zero-order valence-corrected chi connectivity index (χ0v) is 45.0. The van der Waals surface area contributed by atoms with Gasteiger partial charge in [-0.2, -0.15) is 13.2 Å². The molecule has 8 rings (SSSR count). The molecular weight excluding hydrogens is 1020 g/mol. The molecule has 1 aliphatic carbocycles. The molecule has 2 bridgehead atoms. The fraction of sp³-hybridized carbons (Fsp3) is 0.472. The van der Waals surface area contributed by atoms with Crippen molar-refractivity contribution in [1.29, 1.82) is 0 Å². The average Bonchev–Trinajstić information content (AvgIpc) is 3.94. The Bertz CT molecular complexity index is 2890. The lowest BCUT2D eigenvalue weighted by Crippen LogP contribution is -2.50. The van der Waals surface area contributed by atoms with E-state index >= 15 is 0 Å². The molecule has 20 heteroatoms. The molecule has 2 amide bonds. The molecule has 4 aromatic rings. The normalized spacial score (nSPS) is 20.3. The van der Waals surface area contributed by atoms with E-state index in [-0.39, 0.29) is 29.2 Å². The molecule has 3 aliphatic heterocycles. The molecule has 4 aromatic carbocycles. The number of sulfonamides is 1. The Labute approximate surface area is 436 Å². The van der Waals surface area contributed by atoms with Crippen LogP contribution in [0.25, 0.3) is 5.57 Å². The Kier molecular flexibility index (Phi) is 16.3. The molecule has 3 fully saturated rings. The fourth-order valence-electron chi connectivity index (χ4n) is 10.2. The average molecular weight is 1090 g/mol. The first-order valence-corrected chi connectivity index (χ1v) is 28.9. The molecule has 0 saturated carbocycles. The summed E-state index contributed by atoms with van der Waals surface area (Å²) in [6, 6.07) is 25.6. The van der Waals surface area contributed by atoms with E-state index in [1.54, 1.807) is 37.8 Å². The summed E-state index contributed by atoms with van der Waals surface area (Å²) in [6.07, 6.45) is 3.86. The lowest BCUT2D eigenvalue weighted by atomic mass is 9.73. The summed E-state index contributed by atoms with van der Waals surface area (Å²) in [5, 5.41) is 3.73. The Balaban J connectivity index is 0.928. The van der Waals surface area contributed by atoms with Crippen molar-refractivity contribution >= 4 is 72.2 Å². The van der Waals surface area contributed by atoms with Gasteiger partial charge in [0.1, 0.15) is 10.5 Å². The molecule has 0 unspecified atom stereocenters. The summed E-state index contributed by atoms with van der Waals surface area (Å²) in [5.41, 5.74) is -1.80. The molecular formula is C53H64ClF3N6O7S3. The maximum Gasteiger partial charge on any atom is 0.501 e. The number of anilines is 2. The smallest absolute Gasteiger partial charge is 0.444 e. The Morgan fingerprint density at radius 3 is 2.19 bits per heavy atom. The van der Waals surface area contributed by atoms with Crippen LogP contribution in [0.2, 0.25) is 5.02 Å². The number of sulfone groups is 1. The third kappa shape index (κ3) is 13.4. The summed E-state index contributed by atoms with van der Waals surface area (Å²) in [7, 11) is -11.0. The first kappa shape index (κ1) is 54.5. The highest BCUT2D eigenvalue weighted by Gasteiger charge is 2.49.